The summed E-state index contributed by atoms with van der Waals surface area (Å²) >= 11 is 1.50. The number of aromatic amines is 1. The minimum Gasteiger partial charge on any atom is -0.507 e. The summed E-state index contributed by atoms with van der Waals surface area (Å²) in [7, 11) is 2.00. The van der Waals surface area contributed by atoms with Crippen molar-refractivity contribution in [3.63, 3.8) is 0 Å². The van der Waals surface area contributed by atoms with E-state index in [4.69, 9.17) is 0 Å². The number of nitrogens with one attached hydrogen (secondary N) is 1. The van der Waals surface area contributed by atoms with Crippen LogP contribution >= 0.6 is 11.3 Å². The molecule has 1 aliphatic rings. The van der Waals surface area contributed by atoms with Crippen molar-refractivity contribution in [1.29, 1.82) is 0 Å². The van der Waals surface area contributed by atoms with E-state index in [9.17, 15) is 9.90 Å². The largest absolute Gasteiger partial charge is 0.507 e. The van der Waals surface area contributed by atoms with Gasteiger partial charge in [-0.2, -0.15) is 5.21 Å². The number of thiophene rings is 1. The van der Waals surface area contributed by atoms with Gasteiger partial charge in [0.25, 0.3) is 5.91 Å². The predicted molar refractivity (Wildman–Crippen MR) is 88.9 cm³/mol. The Hall–Kier alpha value is -2.52. The van der Waals surface area contributed by atoms with E-state index in [2.05, 4.69) is 25.5 Å². The van der Waals surface area contributed by atoms with Crippen LogP contribution in [0.1, 0.15) is 22.2 Å². The Bertz CT molecular complexity index is 877. The number of hydrogen-bond donors (Lipinski definition) is 2. The molecule has 1 fully saturated rings. The van der Waals surface area contributed by atoms with E-state index in [0.29, 0.717) is 24.5 Å². The highest BCUT2D eigenvalue weighted by Crippen LogP contribution is 2.32. The number of carbonyl (C=O) groups excluding carboxylic acids is 1. The topological polar surface area (TPSA) is 98.2 Å². The Balaban J connectivity index is 1.70. The molecule has 1 amide bonds. The number of carbonyl (C=O) groups is 1. The maximum absolute atomic E-state index is 13.0. The summed E-state index contributed by atoms with van der Waals surface area (Å²) in [5.41, 5.74) is 0.473. The van der Waals surface area contributed by atoms with Crippen molar-refractivity contribution in [3.05, 3.63) is 35.0 Å². The summed E-state index contributed by atoms with van der Waals surface area (Å²) < 4.78 is 0.892. The molecular formula is C15H16N6O2S. The number of amides is 1. The molecule has 1 aromatic carbocycles. The highest BCUT2D eigenvalue weighted by atomic mass is 32.1. The fraction of sp³-hybridized carbons (Fsp3) is 0.333. The van der Waals surface area contributed by atoms with E-state index in [-0.39, 0.29) is 17.7 Å². The summed E-state index contributed by atoms with van der Waals surface area (Å²) in [5, 5.41) is 27.0. The summed E-state index contributed by atoms with van der Waals surface area (Å²) in [6, 6.07) is 4.94. The van der Waals surface area contributed by atoms with Crippen LogP contribution in [0.15, 0.2) is 23.6 Å². The molecule has 4 rings (SSSR count). The summed E-state index contributed by atoms with van der Waals surface area (Å²) in [6.07, 6.45) is 0. The molecular weight excluding hydrogens is 328 g/mol. The fourth-order valence-electron chi connectivity index (χ4n) is 3.04. The Labute approximate surface area is 141 Å². The number of rotatable bonds is 2. The van der Waals surface area contributed by atoms with E-state index >= 15 is 0 Å². The average molecular weight is 344 g/mol. The minimum atomic E-state index is -0.267. The third kappa shape index (κ3) is 2.51. The monoisotopic (exact) mass is 344 g/mol. The van der Waals surface area contributed by atoms with E-state index in [1.165, 1.54) is 17.4 Å². The fourth-order valence-corrected chi connectivity index (χ4v) is 3.88. The maximum atomic E-state index is 13.0. The lowest BCUT2D eigenvalue weighted by molar-refractivity contribution is 0.0481. The smallest absolute Gasteiger partial charge is 0.254 e. The Morgan fingerprint density at radius 2 is 2.29 bits per heavy atom. The molecule has 3 aromatic rings. The summed E-state index contributed by atoms with van der Waals surface area (Å²) in [5.74, 6) is 0.488. The number of phenolic OH excluding ortho intramolecular Hbond substituents is 1. The molecule has 0 radical (unpaired) electrons. The number of H-pyrrole nitrogens is 1. The minimum absolute atomic E-state index is 0.127. The van der Waals surface area contributed by atoms with Gasteiger partial charge in [0, 0.05) is 35.3 Å². The van der Waals surface area contributed by atoms with Gasteiger partial charge in [0.15, 0.2) is 5.82 Å². The van der Waals surface area contributed by atoms with Crippen molar-refractivity contribution >= 4 is 27.3 Å². The van der Waals surface area contributed by atoms with Crippen LogP contribution in [0.2, 0.25) is 0 Å². The lowest BCUT2D eigenvalue weighted by Gasteiger charge is -2.38. The standard InChI is InChI=1S/C15H16N6O2S/c1-20-3-4-21(11(8-20)14-16-18-19-17-14)15(23)9-6-12(22)10-2-5-24-13(10)7-9/h2,5-7,11,22H,3-4,8H2,1H3,(H,16,17,18,19). The number of phenols is 1. The van der Waals surface area contributed by atoms with Crippen molar-refractivity contribution in [2.75, 3.05) is 26.7 Å². The molecule has 0 saturated carbocycles. The van der Waals surface area contributed by atoms with Crippen molar-refractivity contribution in [2.45, 2.75) is 6.04 Å². The molecule has 2 N–H and O–H groups in total. The lowest BCUT2D eigenvalue weighted by atomic mass is 10.1. The van der Waals surface area contributed by atoms with Gasteiger partial charge in [0.2, 0.25) is 0 Å². The molecule has 1 saturated heterocycles. The third-order valence-electron chi connectivity index (χ3n) is 4.30. The normalized spacial score (nSPS) is 19.0. The number of tetrazole rings is 1. The van der Waals surface area contributed by atoms with Gasteiger partial charge in [0.1, 0.15) is 11.8 Å². The molecule has 2 aromatic heterocycles. The van der Waals surface area contributed by atoms with Crippen LogP contribution in [-0.2, 0) is 0 Å². The Morgan fingerprint density at radius 3 is 3.08 bits per heavy atom. The van der Waals surface area contributed by atoms with Crippen LogP contribution in [0.3, 0.4) is 0 Å². The first-order valence-corrected chi connectivity index (χ1v) is 8.44. The van der Waals surface area contributed by atoms with Crippen LogP contribution in [-0.4, -0.2) is 68.1 Å². The van der Waals surface area contributed by atoms with Crippen molar-refractivity contribution < 1.29 is 9.90 Å². The molecule has 1 atom stereocenters. The van der Waals surface area contributed by atoms with Gasteiger partial charge in [-0.25, -0.2) is 0 Å². The number of fused-ring (bicyclic) bond motifs is 1. The Morgan fingerprint density at radius 1 is 1.42 bits per heavy atom. The molecule has 9 heteroatoms. The molecule has 8 nitrogen and oxygen atoms in total. The number of hydrogen-bond acceptors (Lipinski definition) is 7. The molecule has 1 aliphatic heterocycles. The summed E-state index contributed by atoms with van der Waals surface area (Å²) in [6.45, 7) is 1.98. The second-order valence-electron chi connectivity index (χ2n) is 5.87. The van der Waals surface area contributed by atoms with Crippen LogP contribution in [0.25, 0.3) is 10.1 Å². The van der Waals surface area contributed by atoms with Gasteiger partial charge in [-0.1, -0.05) is 5.21 Å². The van der Waals surface area contributed by atoms with E-state index in [1.807, 2.05) is 24.6 Å². The molecule has 0 aliphatic carbocycles. The van der Waals surface area contributed by atoms with Gasteiger partial charge in [-0.05, 0) is 30.6 Å². The molecule has 3 heterocycles. The zero-order chi connectivity index (χ0) is 16.7. The quantitative estimate of drug-likeness (QED) is 0.726. The molecule has 0 bridgehead atoms. The number of likely N-dealkylation sites (N-methyl/N-ethyl adjacent to an activating group) is 1. The third-order valence-corrected chi connectivity index (χ3v) is 5.16. The number of aromatic nitrogens is 4. The zero-order valence-corrected chi connectivity index (χ0v) is 13.8. The van der Waals surface area contributed by atoms with Gasteiger partial charge < -0.3 is 14.9 Å². The maximum Gasteiger partial charge on any atom is 0.254 e. The second kappa shape index (κ2) is 5.84. The number of benzene rings is 1. The first-order valence-electron chi connectivity index (χ1n) is 7.56. The van der Waals surface area contributed by atoms with E-state index in [1.54, 1.807) is 4.90 Å². The average Bonchev–Trinajstić information content (AvgIpc) is 3.25. The summed E-state index contributed by atoms with van der Waals surface area (Å²) in [4.78, 5) is 16.9. The Kier molecular flexibility index (Phi) is 3.66. The SMILES string of the molecule is CN1CCN(C(=O)c2cc(O)c3ccsc3c2)C(c2nn[nH]n2)C1. The lowest BCUT2D eigenvalue weighted by Crippen LogP contribution is -2.49. The molecule has 124 valence electrons. The van der Waals surface area contributed by atoms with Crippen molar-refractivity contribution in [2.24, 2.45) is 0 Å². The van der Waals surface area contributed by atoms with E-state index < -0.39 is 0 Å². The van der Waals surface area contributed by atoms with Gasteiger partial charge in [-0.3, -0.25) is 4.79 Å². The molecule has 24 heavy (non-hydrogen) atoms. The molecule has 1 unspecified atom stereocenters. The highest BCUT2D eigenvalue weighted by molar-refractivity contribution is 7.17. The second-order valence-corrected chi connectivity index (χ2v) is 6.82. The number of aromatic hydroxyl groups is 1. The number of piperazine rings is 1. The zero-order valence-electron chi connectivity index (χ0n) is 13.0. The highest BCUT2D eigenvalue weighted by Gasteiger charge is 2.33. The van der Waals surface area contributed by atoms with Gasteiger partial charge >= 0.3 is 0 Å². The first kappa shape index (κ1) is 15.0. The molecule has 0 spiro atoms. The van der Waals surface area contributed by atoms with Crippen molar-refractivity contribution in [3.8, 4) is 5.75 Å². The predicted octanol–water partition coefficient (Wildman–Crippen LogP) is 1.25. The first-order chi connectivity index (χ1) is 11.6. The van der Waals surface area contributed by atoms with Gasteiger partial charge in [0.05, 0.1) is 0 Å². The van der Waals surface area contributed by atoms with E-state index in [0.717, 1.165) is 16.6 Å². The van der Waals surface area contributed by atoms with Crippen LogP contribution in [0.4, 0.5) is 0 Å². The van der Waals surface area contributed by atoms with Crippen LogP contribution in [0, 0.1) is 0 Å². The van der Waals surface area contributed by atoms with Crippen LogP contribution in [0.5, 0.6) is 5.75 Å². The van der Waals surface area contributed by atoms with Gasteiger partial charge in [-0.15, -0.1) is 21.5 Å². The van der Waals surface area contributed by atoms with Crippen LogP contribution < -0.4 is 0 Å². The van der Waals surface area contributed by atoms with Crippen molar-refractivity contribution in [1.82, 2.24) is 30.4 Å². The number of nitrogens with zero attached hydrogens (tertiary/aromatic N) is 5.